The molecule has 1 aliphatic carbocycles. The summed E-state index contributed by atoms with van der Waals surface area (Å²) in [5.41, 5.74) is 6.66. The molecule has 3 aromatic carbocycles. The summed E-state index contributed by atoms with van der Waals surface area (Å²) in [6.45, 7) is 2.23. The van der Waals surface area contributed by atoms with E-state index in [9.17, 15) is 0 Å². The summed E-state index contributed by atoms with van der Waals surface area (Å²) in [7, 11) is 0. The molecule has 1 aliphatic heterocycles. The van der Waals surface area contributed by atoms with Crippen LogP contribution in [0, 0.1) is 12.8 Å². The summed E-state index contributed by atoms with van der Waals surface area (Å²) in [5.74, 6) is 1.96. The van der Waals surface area contributed by atoms with Crippen molar-refractivity contribution in [1.29, 1.82) is 0 Å². The lowest BCUT2D eigenvalue weighted by Gasteiger charge is -2.39. The molecule has 29 heavy (non-hydrogen) atoms. The van der Waals surface area contributed by atoms with Crippen LogP contribution in [-0.4, -0.2) is 0 Å². The predicted molar refractivity (Wildman–Crippen MR) is 125 cm³/mol. The molecule has 0 radical (unpaired) electrons. The van der Waals surface area contributed by atoms with Gasteiger partial charge in [0, 0.05) is 27.3 Å². The summed E-state index contributed by atoms with van der Waals surface area (Å²) < 4.78 is 0. The van der Waals surface area contributed by atoms with Crippen LogP contribution in [-0.2, 0) is 5.75 Å². The lowest BCUT2D eigenvalue weighted by molar-refractivity contribution is 0.425. The molecule has 3 heteroatoms. The van der Waals surface area contributed by atoms with Gasteiger partial charge in [-0.3, -0.25) is 0 Å². The van der Waals surface area contributed by atoms with Crippen molar-refractivity contribution in [1.82, 2.24) is 0 Å². The Bertz CT molecular complexity index is 1060. The van der Waals surface area contributed by atoms with Crippen LogP contribution < -0.4 is 5.32 Å². The van der Waals surface area contributed by atoms with Crippen molar-refractivity contribution in [2.45, 2.75) is 36.0 Å². The quantitative estimate of drug-likeness (QED) is 0.343. The fraction of sp³-hybridized carbons (Fsp3) is 0.231. The summed E-state index contributed by atoms with van der Waals surface area (Å²) in [4.78, 5) is 1.32. The third kappa shape index (κ3) is 3.60. The molecule has 0 saturated carbocycles. The number of aryl methyl sites for hydroxylation is 1. The van der Waals surface area contributed by atoms with E-state index >= 15 is 0 Å². The highest BCUT2D eigenvalue weighted by Crippen LogP contribution is 2.51. The second-order valence-electron chi connectivity index (χ2n) is 7.98. The van der Waals surface area contributed by atoms with E-state index in [1.54, 1.807) is 0 Å². The van der Waals surface area contributed by atoms with E-state index in [0.29, 0.717) is 11.8 Å². The lowest BCUT2D eigenvalue weighted by atomic mass is 9.76. The Morgan fingerprint density at radius 2 is 1.79 bits per heavy atom. The van der Waals surface area contributed by atoms with Crippen LogP contribution in [0.2, 0.25) is 5.02 Å². The van der Waals surface area contributed by atoms with Crippen molar-refractivity contribution in [2.24, 2.45) is 5.92 Å². The van der Waals surface area contributed by atoms with Crippen molar-refractivity contribution < 1.29 is 0 Å². The summed E-state index contributed by atoms with van der Waals surface area (Å²) in [6, 6.07) is 23.9. The third-order valence-electron chi connectivity index (χ3n) is 6.11. The summed E-state index contributed by atoms with van der Waals surface area (Å²) >= 11 is 8.48. The molecule has 1 heterocycles. The van der Waals surface area contributed by atoms with Crippen LogP contribution in [0.1, 0.15) is 40.6 Å². The van der Waals surface area contributed by atoms with E-state index in [1.807, 2.05) is 23.9 Å². The molecule has 5 rings (SSSR count). The largest absolute Gasteiger partial charge is 0.377 e. The average Bonchev–Trinajstić information content (AvgIpc) is 3.24. The Kier molecular flexibility index (Phi) is 5.15. The molecular formula is C26H24ClNS. The van der Waals surface area contributed by atoms with Gasteiger partial charge in [-0.2, -0.15) is 0 Å². The molecule has 3 atom stereocenters. The molecule has 0 fully saturated rings. The summed E-state index contributed by atoms with van der Waals surface area (Å²) in [5, 5.41) is 4.72. The van der Waals surface area contributed by atoms with Crippen molar-refractivity contribution >= 4 is 29.1 Å². The molecule has 3 aromatic rings. The topological polar surface area (TPSA) is 12.0 Å². The van der Waals surface area contributed by atoms with E-state index in [-0.39, 0.29) is 6.04 Å². The lowest BCUT2D eigenvalue weighted by Crippen LogP contribution is -2.30. The van der Waals surface area contributed by atoms with Crippen LogP contribution in [0.15, 0.2) is 83.8 Å². The first-order chi connectivity index (χ1) is 14.2. The van der Waals surface area contributed by atoms with Crippen molar-refractivity contribution in [3.05, 3.63) is 106 Å². The SMILES string of the molecule is Cc1cc(CSc2ccccc2)cc2c1N[C@H](c1ccccc1Cl)[C@H]1CC=C[C@H]21. The maximum Gasteiger partial charge on any atom is 0.0568 e. The Hall–Kier alpha value is -2.16. The monoisotopic (exact) mass is 417 g/mol. The molecule has 0 spiro atoms. The second-order valence-corrected chi connectivity index (χ2v) is 9.43. The molecule has 0 amide bonds. The molecule has 2 aliphatic rings. The highest BCUT2D eigenvalue weighted by atomic mass is 35.5. The van der Waals surface area contributed by atoms with Crippen LogP contribution in [0.4, 0.5) is 5.69 Å². The van der Waals surface area contributed by atoms with Gasteiger partial charge in [-0.15, -0.1) is 11.8 Å². The van der Waals surface area contributed by atoms with Gasteiger partial charge < -0.3 is 5.32 Å². The number of allylic oxidation sites excluding steroid dienone is 2. The number of thioether (sulfide) groups is 1. The van der Waals surface area contributed by atoms with Gasteiger partial charge in [-0.05, 0) is 59.7 Å². The number of halogens is 1. The molecule has 0 bridgehead atoms. The van der Waals surface area contributed by atoms with Gasteiger partial charge in [0.15, 0.2) is 0 Å². The first-order valence-electron chi connectivity index (χ1n) is 10.2. The number of nitrogens with one attached hydrogen (secondary N) is 1. The Labute approximate surface area is 182 Å². The number of rotatable bonds is 4. The van der Waals surface area contributed by atoms with Gasteiger partial charge in [-0.25, -0.2) is 0 Å². The zero-order valence-corrected chi connectivity index (χ0v) is 18.0. The number of benzene rings is 3. The Morgan fingerprint density at radius 3 is 2.62 bits per heavy atom. The first-order valence-corrected chi connectivity index (χ1v) is 11.6. The van der Waals surface area contributed by atoms with E-state index in [0.717, 1.165) is 17.2 Å². The van der Waals surface area contributed by atoms with Gasteiger partial charge in [0.2, 0.25) is 0 Å². The van der Waals surface area contributed by atoms with Gasteiger partial charge in [0.1, 0.15) is 0 Å². The van der Waals surface area contributed by atoms with Crippen molar-refractivity contribution in [3.8, 4) is 0 Å². The number of hydrogen-bond acceptors (Lipinski definition) is 2. The Morgan fingerprint density at radius 1 is 1.00 bits per heavy atom. The van der Waals surface area contributed by atoms with E-state index < -0.39 is 0 Å². The number of hydrogen-bond donors (Lipinski definition) is 1. The zero-order valence-electron chi connectivity index (χ0n) is 16.4. The normalized spacial score (nSPS) is 22.1. The van der Waals surface area contributed by atoms with Crippen molar-refractivity contribution in [2.75, 3.05) is 5.32 Å². The minimum absolute atomic E-state index is 0.249. The maximum absolute atomic E-state index is 6.58. The smallest absolute Gasteiger partial charge is 0.0568 e. The van der Waals surface area contributed by atoms with Crippen LogP contribution in [0.5, 0.6) is 0 Å². The third-order valence-corrected chi connectivity index (χ3v) is 7.54. The minimum atomic E-state index is 0.249. The Balaban J connectivity index is 1.48. The molecule has 0 unspecified atom stereocenters. The molecule has 1 nitrogen and oxygen atoms in total. The van der Waals surface area contributed by atoms with Gasteiger partial charge in [-0.1, -0.05) is 72.3 Å². The van der Waals surface area contributed by atoms with Gasteiger partial charge >= 0.3 is 0 Å². The van der Waals surface area contributed by atoms with E-state index in [2.05, 4.69) is 79.0 Å². The highest BCUT2D eigenvalue weighted by Gasteiger charge is 2.39. The number of anilines is 1. The second kappa shape index (κ2) is 7.93. The van der Waals surface area contributed by atoms with Crippen LogP contribution in [0.3, 0.4) is 0 Å². The number of fused-ring (bicyclic) bond motifs is 3. The van der Waals surface area contributed by atoms with E-state index in [1.165, 1.54) is 32.8 Å². The summed E-state index contributed by atoms with van der Waals surface area (Å²) in [6.07, 6.45) is 5.84. The standard InChI is InChI=1S/C26H24ClNS/c1-17-14-18(16-29-19-8-3-2-4-9-19)15-23-20-11-7-12-21(20)26(28-25(17)23)22-10-5-6-13-24(22)27/h2-11,13-15,20-21,26,28H,12,16H2,1H3/t20-,21-,26-/m0/s1. The van der Waals surface area contributed by atoms with Gasteiger partial charge in [0.05, 0.1) is 6.04 Å². The minimum Gasteiger partial charge on any atom is -0.377 e. The molecule has 146 valence electrons. The van der Waals surface area contributed by atoms with Crippen LogP contribution >= 0.6 is 23.4 Å². The van der Waals surface area contributed by atoms with Crippen molar-refractivity contribution in [3.63, 3.8) is 0 Å². The maximum atomic E-state index is 6.58. The molecular weight excluding hydrogens is 394 g/mol. The predicted octanol–water partition coefficient (Wildman–Crippen LogP) is 7.77. The van der Waals surface area contributed by atoms with E-state index in [4.69, 9.17) is 11.6 Å². The fourth-order valence-electron chi connectivity index (χ4n) is 4.77. The zero-order chi connectivity index (χ0) is 19.8. The molecule has 0 aromatic heterocycles. The molecule has 0 saturated heterocycles. The first kappa shape index (κ1) is 18.8. The highest BCUT2D eigenvalue weighted by molar-refractivity contribution is 7.98. The molecule has 1 N–H and O–H groups in total. The van der Waals surface area contributed by atoms with Crippen LogP contribution in [0.25, 0.3) is 0 Å². The van der Waals surface area contributed by atoms with Gasteiger partial charge in [0.25, 0.3) is 0 Å². The average molecular weight is 418 g/mol. The fourth-order valence-corrected chi connectivity index (χ4v) is 5.87.